The number of aryl methyl sites for hydroxylation is 1. The molecule has 1 saturated carbocycles. The Labute approximate surface area is 178 Å². The Balaban J connectivity index is 1.50. The van der Waals surface area contributed by atoms with Gasteiger partial charge in [0.15, 0.2) is 0 Å². The number of hydrogen-bond acceptors (Lipinski definition) is 5. The van der Waals surface area contributed by atoms with Crippen LogP contribution in [0.2, 0.25) is 0 Å². The minimum Gasteiger partial charge on any atom is -0.468 e. The molecule has 0 saturated heterocycles. The molecule has 1 fully saturated rings. The molecule has 1 aliphatic carbocycles. The number of benzene rings is 1. The lowest BCUT2D eigenvalue weighted by Gasteiger charge is -2.28. The number of nitrogens with zero attached hydrogens (tertiary/aromatic N) is 1. The maximum atomic E-state index is 12.4. The molecule has 8 heteroatoms. The minimum absolute atomic E-state index is 0.00223. The second-order valence-electron chi connectivity index (χ2n) is 7.60. The zero-order valence-corrected chi connectivity index (χ0v) is 18.5. The molecule has 2 N–H and O–H groups in total. The number of carbonyl (C=O) groups excluding carboxylic acids is 1. The van der Waals surface area contributed by atoms with E-state index in [9.17, 15) is 13.2 Å². The number of carbonyl (C=O) groups is 1. The third-order valence-electron chi connectivity index (χ3n) is 5.39. The number of amides is 1. The summed E-state index contributed by atoms with van der Waals surface area (Å²) in [7, 11) is -3.44. The molecule has 1 aliphatic rings. The van der Waals surface area contributed by atoms with Crippen LogP contribution in [0.15, 0.2) is 52.0 Å². The highest BCUT2D eigenvalue weighted by atomic mass is 32.2. The second kappa shape index (κ2) is 10.2. The molecule has 0 aliphatic heterocycles. The first kappa shape index (κ1) is 22.5. The number of rotatable bonds is 12. The molecule has 1 aromatic carbocycles. The van der Waals surface area contributed by atoms with Crippen LogP contribution < -0.4 is 10.0 Å². The SMILES string of the molecule is CCN(CC)C(CNC(=O)CCc1ccc(S(=O)(=O)NC2CC2)cc1)c1ccco1. The van der Waals surface area contributed by atoms with E-state index in [1.165, 1.54) is 0 Å². The lowest BCUT2D eigenvalue weighted by molar-refractivity contribution is -0.121. The van der Waals surface area contributed by atoms with Crippen molar-refractivity contribution in [2.75, 3.05) is 19.6 Å². The van der Waals surface area contributed by atoms with Gasteiger partial charge in [0.2, 0.25) is 15.9 Å². The molecule has 1 heterocycles. The molecule has 1 amide bonds. The van der Waals surface area contributed by atoms with Gasteiger partial charge in [-0.05, 0) is 62.2 Å². The van der Waals surface area contributed by atoms with Gasteiger partial charge in [-0.25, -0.2) is 13.1 Å². The monoisotopic (exact) mass is 433 g/mol. The summed E-state index contributed by atoms with van der Waals surface area (Å²) in [6.07, 6.45) is 4.36. The molecule has 3 rings (SSSR count). The maximum absolute atomic E-state index is 12.4. The minimum atomic E-state index is -3.44. The zero-order valence-electron chi connectivity index (χ0n) is 17.6. The predicted molar refractivity (Wildman–Crippen MR) is 115 cm³/mol. The maximum Gasteiger partial charge on any atom is 0.240 e. The van der Waals surface area contributed by atoms with Gasteiger partial charge in [0, 0.05) is 19.0 Å². The number of hydrogen-bond donors (Lipinski definition) is 2. The normalized spacial score (nSPS) is 15.3. The summed E-state index contributed by atoms with van der Waals surface area (Å²) in [6.45, 7) is 6.39. The van der Waals surface area contributed by atoms with Crippen molar-refractivity contribution in [1.82, 2.24) is 14.9 Å². The molecule has 1 atom stereocenters. The van der Waals surface area contributed by atoms with Crippen molar-refractivity contribution >= 4 is 15.9 Å². The largest absolute Gasteiger partial charge is 0.468 e. The smallest absolute Gasteiger partial charge is 0.240 e. The fraction of sp³-hybridized carbons (Fsp3) is 0.500. The second-order valence-corrected chi connectivity index (χ2v) is 9.31. The van der Waals surface area contributed by atoms with Crippen LogP contribution in [0.3, 0.4) is 0 Å². The van der Waals surface area contributed by atoms with Gasteiger partial charge in [0.25, 0.3) is 0 Å². The summed E-state index contributed by atoms with van der Waals surface area (Å²) in [5.74, 6) is 0.807. The average Bonchev–Trinajstić information content (AvgIpc) is 3.37. The van der Waals surface area contributed by atoms with Crippen LogP contribution in [0.1, 0.15) is 50.5 Å². The third kappa shape index (κ3) is 6.17. The average molecular weight is 434 g/mol. The molecular weight excluding hydrogens is 402 g/mol. The van der Waals surface area contributed by atoms with E-state index < -0.39 is 10.0 Å². The van der Waals surface area contributed by atoms with Crippen molar-refractivity contribution in [3.8, 4) is 0 Å². The Kier molecular flexibility index (Phi) is 7.69. The summed E-state index contributed by atoms with van der Waals surface area (Å²) in [4.78, 5) is 14.9. The van der Waals surface area contributed by atoms with Gasteiger partial charge in [0.05, 0.1) is 17.2 Å². The van der Waals surface area contributed by atoms with Crippen molar-refractivity contribution in [2.45, 2.75) is 56.5 Å². The van der Waals surface area contributed by atoms with Crippen LogP contribution in [-0.4, -0.2) is 44.9 Å². The summed E-state index contributed by atoms with van der Waals surface area (Å²) < 4.78 is 32.7. The number of furan rings is 1. The van der Waals surface area contributed by atoms with Gasteiger partial charge in [-0.15, -0.1) is 0 Å². The van der Waals surface area contributed by atoms with Gasteiger partial charge >= 0.3 is 0 Å². The first-order chi connectivity index (χ1) is 14.4. The Hall–Kier alpha value is -2.16. The van der Waals surface area contributed by atoms with E-state index in [2.05, 4.69) is 28.8 Å². The van der Waals surface area contributed by atoms with Gasteiger partial charge < -0.3 is 9.73 Å². The van der Waals surface area contributed by atoms with Crippen molar-refractivity contribution in [1.29, 1.82) is 0 Å². The van der Waals surface area contributed by atoms with Gasteiger partial charge in [-0.1, -0.05) is 26.0 Å². The molecule has 1 aromatic heterocycles. The third-order valence-corrected chi connectivity index (χ3v) is 6.93. The Morgan fingerprint density at radius 3 is 2.43 bits per heavy atom. The Morgan fingerprint density at radius 2 is 1.87 bits per heavy atom. The quantitative estimate of drug-likeness (QED) is 0.537. The van der Waals surface area contributed by atoms with Gasteiger partial charge in [-0.2, -0.15) is 0 Å². The first-order valence-corrected chi connectivity index (χ1v) is 12.1. The fourth-order valence-corrected chi connectivity index (χ4v) is 4.74. The first-order valence-electron chi connectivity index (χ1n) is 10.6. The number of nitrogens with one attached hydrogen (secondary N) is 2. The van der Waals surface area contributed by atoms with E-state index in [-0.39, 0.29) is 22.9 Å². The van der Waals surface area contributed by atoms with E-state index in [0.717, 1.165) is 37.3 Å². The van der Waals surface area contributed by atoms with E-state index >= 15 is 0 Å². The standard InChI is InChI=1S/C22H31N3O4S/c1-3-25(4-2)20(21-6-5-15-29-21)16-23-22(26)14-9-17-7-12-19(13-8-17)30(27,28)24-18-10-11-18/h5-8,12-13,15,18,20,24H,3-4,9-11,14,16H2,1-2H3,(H,23,26). The van der Waals surface area contributed by atoms with E-state index in [0.29, 0.717) is 19.4 Å². The Morgan fingerprint density at radius 1 is 1.17 bits per heavy atom. The molecule has 0 bridgehead atoms. The summed E-state index contributed by atoms with van der Waals surface area (Å²) >= 11 is 0. The number of sulfonamides is 1. The van der Waals surface area contributed by atoms with Crippen LogP contribution in [0.4, 0.5) is 0 Å². The summed E-state index contributed by atoms with van der Waals surface area (Å²) in [6, 6.07) is 10.6. The highest BCUT2D eigenvalue weighted by Gasteiger charge is 2.27. The molecule has 0 spiro atoms. The zero-order chi connectivity index (χ0) is 21.6. The molecule has 7 nitrogen and oxygen atoms in total. The highest BCUT2D eigenvalue weighted by molar-refractivity contribution is 7.89. The number of likely N-dealkylation sites (N-methyl/N-ethyl adjacent to an activating group) is 1. The molecular formula is C22H31N3O4S. The predicted octanol–water partition coefficient (Wildman–Crippen LogP) is 2.85. The van der Waals surface area contributed by atoms with E-state index in [1.54, 1.807) is 30.5 Å². The summed E-state index contributed by atoms with van der Waals surface area (Å²) in [5, 5.41) is 3.01. The van der Waals surface area contributed by atoms with Gasteiger partial charge in [-0.3, -0.25) is 9.69 Å². The molecule has 0 radical (unpaired) electrons. The van der Waals surface area contributed by atoms with Crippen LogP contribution in [0, 0.1) is 0 Å². The molecule has 164 valence electrons. The van der Waals surface area contributed by atoms with E-state index in [4.69, 9.17) is 4.42 Å². The van der Waals surface area contributed by atoms with Crippen LogP contribution in [-0.2, 0) is 21.2 Å². The van der Waals surface area contributed by atoms with Crippen LogP contribution in [0.25, 0.3) is 0 Å². The fourth-order valence-electron chi connectivity index (χ4n) is 3.44. The Bertz CT molecular complexity index is 902. The van der Waals surface area contributed by atoms with Crippen LogP contribution >= 0.6 is 0 Å². The molecule has 2 aromatic rings. The molecule has 1 unspecified atom stereocenters. The lowest BCUT2D eigenvalue weighted by Crippen LogP contribution is -2.38. The van der Waals surface area contributed by atoms with E-state index in [1.807, 2.05) is 12.1 Å². The van der Waals surface area contributed by atoms with Gasteiger partial charge in [0.1, 0.15) is 5.76 Å². The van der Waals surface area contributed by atoms with Crippen molar-refractivity contribution in [2.24, 2.45) is 0 Å². The summed E-state index contributed by atoms with van der Waals surface area (Å²) in [5.41, 5.74) is 0.932. The highest BCUT2D eigenvalue weighted by Crippen LogP contribution is 2.23. The van der Waals surface area contributed by atoms with Crippen LogP contribution in [0.5, 0.6) is 0 Å². The lowest BCUT2D eigenvalue weighted by atomic mass is 10.1. The van der Waals surface area contributed by atoms with Crippen molar-refractivity contribution in [3.05, 3.63) is 54.0 Å². The van der Waals surface area contributed by atoms with Crippen molar-refractivity contribution in [3.63, 3.8) is 0 Å². The molecule has 30 heavy (non-hydrogen) atoms. The van der Waals surface area contributed by atoms with Crippen molar-refractivity contribution < 1.29 is 17.6 Å². The topological polar surface area (TPSA) is 91.7 Å².